The van der Waals surface area contributed by atoms with Gasteiger partial charge in [0.1, 0.15) is 0 Å². The van der Waals surface area contributed by atoms with Crippen LogP contribution in [0.1, 0.15) is 18.5 Å². The van der Waals surface area contributed by atoms with Crippen LogP contribution in [0.3, 0.4) is 0 Å². The lowest BCUT2D eigenvalue weighted by atomic mass is 9.58. The Morgan fingerprint density at radius 3 is 2.86 bits per heavy atom. The zero-order valence-electron chi connectivity index (χ0n) is 8.66. The van der Waals surface area contributed by atoms with E-state index in [1.807, 2.05) is 6.20 Å². The van der Waals surface area contributed by atoms with Gasteiger partial charge in [-0.05, 0) is 37.2 Å². The molecule has 2 heterocycles. The molecular weight excluding hydrogens is 174 g/mol. The molecule has 0 aromatic carbocycles. The van der Waals surface area contributed by atoms with E-state index < -0.39 is 0 Å². The first-order valence-corrected chi connectivity index (χ1v) is 5.47. The van der Waals surface area contributed by atoms with E-state index in [9.17, 15) is 0 Å². The lowest BCUT2D eigenvalue weighted by Gasteiger charge is -2.54. The topological polar surface area (TPSA) is 29.9 Å². The molecule has 14 heavy (non-hydrogen) atoms. The molecule has 1 aromatic rings. The second-order valence-corrected chi connectivity index (χ2v) is 5.03. The van der Waals surface area contributed by atoms with Crippen LogP contribution in [0.2, 0.25) is 0 Å². The summed E-state index contributed by atoms with van der Waals surface area (Å²) >= 11 is 0. The molecule has 76 valence electrons. The third-order valence-corrected chi connectivity index (χ3v) is 3.80. The van der Waals surface area contributed by atoms with Crippen molar-refractivity contribution in [3.8, 4) is 0 Å². The van der Waals surface area contributed by atoms with Gasteiger partial charge in [-0.3, -0.25) is 4.68 Å². The van der Waals surface area contributed by atoms with Crippen LogP contribution in [-0.4, -0.2) is 22.9 Å². The number of nitrogens with zero attached hydrogens (tertiary/aromatic N) is 2. The third kappa shape index (κ3) is 1.19. The van der Waals surface area contributed by atoms with E-state index >= 15 is 0 Å². The molecule has 3 rings (SSSR count). The van der Waals surface area contributed by atoms with Crippen LogP contribution in [0.5, 0.6) is 0 Å². The normalized spacial score (nSPS) is 24.6. The maximum absolute atomic E-state index is 4.33. The average molecular weight is 191 g/mol. The maximum Gasteiger partial charge on any atom is 0.0492 e. The highest BCUT2D eigenvalue weighted by atomic mass is 15.3. The van der Waals surface area contributed by atoms with Gasteiger partial charge in [0.15, 0.2) is 0 Å². The van der Waals surface area contributed by atoms with Gasteiger partial charge < -0.3 is 5.32 Å². The second kappa shape index (κ2) is 2.83. The average Bonchev–Trinajstić information content (AvgIpc) is 2.39. The van der Waals surface area contributed by atoms with Crippen molar-refractivity contribution in [1.82, 2.24) is 15.1 Å². The molecule has 1 aliphatic heterocycles. The van der Waals surface area contributed by atoms with Gasteiger partial charge in [0.05, 0.1) is 0 Å². The summed E-state index contributed by atoms with van der Waals surface area (Å²) in [6.45, 7) is 5.76. The van der Waals surface area contributed by atoms with E-state index in [1.165, 1.54) is 31.6 Å². The van der Waals surface area contributed by atoms with E-state index in [4.69, 9.17) is 0 Å². The van der Waals surface area contributed by atoms with Crippen LogP contribution >= 0.6 is 0 Å². The fraction of sp³-hybridized carbons (Fsp3) is 0.727. The van der Waals surface area contributed by atoms with Gasteiger partial charge in [-0.25, -0.2) is 0 Å². The molecule has 3 nitrogen and oxygen atoms in total. The van der Waals surface area contributed by atoms with E-state index in [-0.39, 0.29) is 0 Å². The Kier molecular flexibility index (Phi) is 1.71. The Morgan fingerprint density at radius 1 is 1.57 bits per heavy atom. The fourth-order valence-electron chi connectivity index (χ4n) is 2.90. The number of aromatic nitrogens is 2. The summed E-state index contributed by atoms with van der Waals surface area (Å²) in [6, 6.07) is 2.08. The molecule has 0 atom stereocenters. The smallest absolute Gasteiger partial charge is 0.0492 e. The molecule has 0 bridgehead atoms. The van der Waals surface area contributed by atoms with Crippen LogP contribution < -0.4 is 5.32 Å². The first-order chi connectivity index (χ1) is 6.77. The van der Waals surface area contributed by atoms with Crippen molar-refractivity contribution in [3.05, 3.63) is 18.0 Å². The second-order valence-electron chi connectivity index (χ2n) is 5.03. The van der Waals surface area contributed by atoms with Gasteiger partial charge in [-0.1, -0.05) is 0 Å². The summed E-state index contributed by atoms with van der Waals surface area (Å²) in [6.07, 6.45) is 4.70. The van der Waals surface area contributed by atoms with E-state index in [0.29, 0.717) is 5.41 Å². The lowest BCUT2D eigenvalue weighted by molar-refractivity contribution is -0.00886. The zero-order valence-corrected chi connectivity index (χ0v) is 8.66. The van der Waals surface area contributed by atoms with Gasteiger partial charge in [0, 0.05) is 31.5 Å². The highest BCUT2D eigenvalue weighted by Crippen LogP contribution is 2.48. The van der Waals surface area contributed by atoms with Crippen molar-refractivity contribution in [2.75, 3.05) is 13.1 Å². The molecule has 0 unspecified atom stereocenters. The van der Waals surface area contributed by atoms with Gasteiger partial charge >= 0.3 is 0 Å². The van der Waals surface area contributed by atoms with Crippen LogP contribution in [0, 0.1) is 18.3 Å². The Hall–Kier alpha value is -0.830. The molecule has 1 aliphatic carbocycles. The number of nitrogens with one attached hydrogen (secondary N) is 1. The molecule has 2 fully saturated rings. The molecule has 0 radical (unpaired) electrons. The van der Waals surface area contributed by atoms with Crippen molar-refractivity contribution in [2.24, 2.45) is 11.3 Å². The van der Waals surface area contributed by atoms with Crippen molar-refractivity contribution in [2.45, 2.75) is 26.3 Å². The number of aryl methyl sites for hydroxylation is 1. The van der Waals surface area contributed by atoms with E-state index in [2.05, 4.69) is 28.1 Å². The molecule has 2 aliphatic rings. The van der Waals surface area contributed by atoms with Gasteiger partial charge in [0.25, 0.3) is 0 Å². The monoisotopic (exact) mass is 191 g/mol. The van der Waals surface area contributed by atoms with E-state index in [1.54, 1.807) is 0 Å². The highest BCUT2D eigenvalue weighted by Gasteiger charge is 2.48. The fourth-order valence-corrected chi connectivity index (χ4v) is 2.90. The molecule has 0 amide bonds. The summed E-state index contributed by atoms with van der Waals surface area (Å²) in [7, 11) is 0. The SMILES string of the molecule is Cc1ccnn1CC1CC2(CNC2)C1. The Labute approximate surface area is 84.5 Å². The summed E-state index contributed by atoms with van der Waals surface area (Å²) in [5.41, 5.74) is 1.99. The zero-order chi connectivity index (χ0) is 9.60. The van der Waals surface area contributed by atoms with Crippen molar-refractivity contribution in [1.29, 1.82) is 0 Å². The predicted molar refractivity (Wildman–Crippen MR) is 55.0 cm³/mol. The number of hydrogen-bond acceptors (Lipinski definition) is 2. The number of rotatable bonds is 2. The predicted octanol–water partition coefficient (Wildman–Crippen LogP) is 1.19. The molecule has 1 saturated heterocycles. The molecule has 3 heteroatoms. The summed E-state index contributed by atoms with van der Waals surface area (Å²) < 4.78 is 2.14. The molecule has 1 N–H and O–H groups in total. The molecular formula is C11H17N3. The first-order valence-electron chi connectivity index (χ1n) is 5.47. The minimum Gasteiger partial charge on any atom is -0.316 e. The quantitative estimate of drug-likeness (QED) is 0.761. The largest absolute Gasteiger partial charge is 0.316 e. The molecule has 1 aromatic heterocycles. The minimum absolute atomic E-state index is 0.700. The van der Waals surface area contributed by atoms with Gasteiger partial charge in [-0.2, -0.15) is 5.10 Å². The highest BCUT2D eigenvalue weighted by molar-refractivity contribution is 5.03. The Bertz CT molecular complexity index is 330. The Morgan fingerprint density at radius 2 is 2.36 bits per heavy atom. The summed E-state index contributed by atoms with van der Waals surface area (Å²) in [5.74, 6) is 0.871. The van der Waals surface area contributed by atoms with E-state index in [0.717, 1.165) is 12.5 Å². The Balaban J connectivity index is 1.58. The van der Waals surface area contributed by atoms with Crippen molar-refractivity contribution >= 4 is 0 Å². The van der Waals surface area contributed by atoms with Crippen LogP contribution in [0.15, 0.2) is 12.3 Å². The summed E-state index contributed by atoms with van der Waals surface area (Å²) in [5, 5.41) is 7.70. The van der Waals surface area contributed by atoms with Crippen LogP contribution in [0.4, 0.5) is 0 Å². The maximum atomic E-state index is 4.33. The number of hydrogen-bond donors (Lipinski definition) is 1. The first kappa shape index (κ1) is 8.48. The summed E-state index contributed by atoms with van der Waals surface area (Å²) in [4.78, 5) is 0. The van der Waals surface area contributed by atoms with Crippen molar-refractivity contribution in [3.63, 3.8) is 0 Å². The van der Waals surface area contributed by atoms with Crippen molar-refractivity contribution < 1.29 is 0 Å². The van der Waals surface area contributed by atoms with Crippen LogP contribution in [-0.2, 0) is 6.54 Å². The van der Waals surface area contributed by atoms with Gasteiger partial charge in [0.2, 0.25) is 0 Å². The molecule has 1 spiro atoms. The standard InChI is InChI=1S/C11H17N3/c1-9-2-3-13-14(9)6-10-4-11(5-10)7-12-8-11/h2-3,10,12H,4-8H2,1H3. The third-order valence-electron chi connectivity index (χ3n) is 3.80. The van der Waals surface area contributed by atoms with Crippen LogP contribution in [0.25, 0.3) is 0 Å². The minimum atomic E-state index is 0.700. The van der Waals surface area contributed by atoms with Gasteiger partial charge in [-0.15, -0.1) is 0 Å². The molecule has 1 saturated carbocycles. The lowest BCUT2D eigenvalue weighted by Crippen LogP contribution is -2.60.